The molecule has 1 aromatic carbocycles. The number of hydrogen-bond acceptors (Lipinski definition) is 5. The summed E-state index contributed by atoms with van der Waals surface area (Å²) < 4.78 is 5.58. The van der Waals surface area contributed by atoms with Crippen molar-refractivity contribution in [1.29, 1.82) is 0 Å². The summed E-state index contributed by atoms with van der Waals surface area (Å²) in [5, 5.41) is 13.6. The predicted molar refractivity (Wildman–Crippen MR) is 105 cm³/mol. The summed E-state index contributed by atoms with van der Waals surface area (Å²) in [5.74, 6) is -0.0570. The topological polar surface area (TPSA) is 124 Å². The first-order valence-electron chi connectivity index (χ1n) is 10.2. The molecule has 1 heterocycles. The molecule has 6 rings (SSSR count). The van der Waals surface area contributed by atoms with Crippen LogP contribution in [0, 0.1) is 17.3 Å². The van der Waals surface area contributed by atoms with Gasteiger partial charge in [0.15, 0.2) is 6.10 Å². The Morgan fingerprint density at radius 3 is 2.55 bits per heavy atom. The van der Waals surface area contributed by atoms with Crippen LogP contribution >= 0.6 is 0 Å². The van der Waals surface area contributed by atoms with Crippen LogP contribution in [0.3, 0.4) is 0 Å². The first-order chi connectivity index (χ1) is 13.7. The Morgan fingerprint density at radius 2 is 1.86 bits per heavy atom. The summed E-state index contributed by atoms with van der Waals surface area (Å²) in [5.41, 5.74) is 0.00762. The first kappa shape index (κ1) is 18.4. The summed E-state index contributed by atoms with van der Waals surface area (Å²) in [6.07, 6.45) is 3.62. The number of hydrogen-bond donors (Lipinski definition) is 4. The van der Waals surface area contributed by atoms with E-state index in [9.17, 15) is 19.5 Å². The van der Waals surface area contributed by atoms with Gasteiger partial charge < -0.3 is 25.1 Å². The molecule has 4 fully saturated rings. The maximum absolute atomic E-state index is 13.0. The Morgan fingerprint density at radius 1 is 1.17 bits per heavy atom. The van der Waals surface area contributed by atoms with E-state index in [1.807, 2.05) is 0 Å². The van der Waals surface area contributed by atoms with Gasteiger partial charge in [-0.1, -0.05) is 0 Å². The highest BCUT2D eigenvalue weighted by molar-refractivity contribution is 5.96. The van der Waals surface area contributed by atoms with Gasteiger partial charge in [0.2, 0.25) is 0 Å². The normalized spacial score (nSPS) is 33.6. The number of carbonyl (C=O) groups excluding carboxylic acids is 2. The first-order valence-corrected chi connectivity index (χ1v) is 10.2. The van der Waals surface area contributed by atoms with Gasteiger partial charge in [0.1, 0.15) is 0 Å². The Labute approximate surface area is 167 Å². The van der Waals surface area contributed by atoms with E-state index >= 15 is 0 Å². The number of carbonyl (C=O) groups is 2. The highest BCUT2D eigenvalue weighted by Crippen LogP contribution is 2.62. The van der Waals surface area contributed by atoms with Crippen LogP contribution in [-0.4, -0.2) is 38.7 Å². The van der Waals surface area contributed by atoms with E-state index in [0.717, 1.165) is 32.1 Å². The standard InChI is InChI=1S/C21H25N3O5/c1-11(17(25)22-14-2-3-15-16(5-14)24-19(27)23-15)29-18(26)20-6-12-4-13(7-20)9-21(28,8-12)10-20/h2-3,5,11-13,28H,4,6-10H2,1H3,(H,22,25)(H2,23,24,27). The van der Waals surface area contributed by atoms with Crippen molar-refractivity contribution in [2.45, 2.75) is 57.2 Å². The fraction of sp³-hybridized carbons (Fsp3) is 0.571. The molecule has 0 radical (unpaired) electrons. The van der Waals surface area contributed by atoms with Gasteiger partial charge in [-0.15, -0.1) is 0 Å². The van der Waals surface area contributed by atoms with E-state index < -0.39 is 23.0 Å². The third-order valence-electron chi connectivity index (χ3n) is 6.90. The molecular formula is C21H25N3O5. The number of aliphatic hydroxyl groups is 1. The van der Waals surface area contributed by atoms with Gasteiger partial charge in [0.25, 0.3) is 5.91 Å². The summed E-state index contributed by atoms with van der Waals surface area (Å²) in [6.45, 7) is 1.55. The predicted octanol–water partition coefficient (Wildman–Crippen LogP) is 2.06. The second-order valence-electron chi connectivity index (χ2n) is 9.34. The van der Waals surface area contributed by atoms with Gasteiger partial charge in [-0.05, 0) is 75.5 Å². The van der Waals surface area contributed by atoms with Crippen molar-refractivity contribution in [2.24, 2.45) is 17.3 Å². The number of H-pyrrole nitrogens is 2. The number of aromatic amines is 2. The third kappa shape index (κ3) is 3.15. The number of benzene rings is 1. The van der Waals surface area contributed by atoms with Gasteiger partial charge in [-0.2, -0.15) is 0 Å². The van der Waals surface area contributed by atoms with Gasteiger partial charge >= 0.3 is 11.7 Å². The van der Waals surface area contributed by atoms with Crippen molar-refractivity contribution >= 4 is 28.6 Å². The molecule has 4 bridgehead atoms. The molecule has 4 saturated carbocycles. The summed E-state index contributed by atoms with van der Waals surface area (Å²) in [6, 6.07) is 5.01. The van der Waals surface area contributed by atoms with E-state index in [-0.39, 0.29) is 11.7 Å². The van der Waals surface area contributed by atoms with Crippen LogP contribution in [0.4, 0.5) is 5.69 Å². The van der Waals surface area contributed by atoms with E-state index in [2.05, 4.69) is 15.3 Å². The highest BCUT2D eigenvalue weighted by atomic mass is 16.5. The molecule has 0 spiro atoms. The average molecular weight is 399 g/mol. The number of nitrogens with one attached hydrogen (secondary N) is 3. The zero-order valence-corrected chi connectivity index (χ0v) is 16.3. The van der Waals surface area contributed by atoms with Crippen molar-refractivity contribution in [3.8, 4) is 0 Å². The molecule has 8 heteroatoms. The van der Waals surface area contributed by atoms with Gasteiger partial charge in [-0.25, -0.2) is 4.79 Å². The van der Waals surface area contributed by atoms with E-state index in [1.165, 1.54) is 0 Å². The lowest BCUT2D eigenvalue weighted by molar-refractivity contribution is -0.199. The van der Waals surface area contributed by atoms with Gasteiger partial charge in [-0.3, -0.25) is 9.59 Å². The number of imidazole rings is 1. The van der Waals surface area contributed by atoms with Gasteiger partial charge in [0.05, 0.1) is 22.0 Å². The minimum Gasteiger partial charge on any atom is -0.452 e. The second kappa shape index (κ2) is 6.19. The molecular weight excluding hydrogens is 374 g/mol. The number of anilines is 1. The Hall–Kier alpha value is -2.61. The van der Waals surface area contributed by atoms with Crippen LogP contribution in [0.15, 0.2) is 23.0 Å². The molecule has 8 nitrogen and oxygen atoms in total. The second-order valence-corrected chi connectivity index (χ2v) is 9.34. The van der Waals surface area contributed by atoms with Crippen LogP contribution in [0.5, 0.6) is 0 Å². The molecule has 4 aliphatic carbocycles. The van der Waals surface area contributed by atoms with Gasteiger partial charge in [0, 0.05) is 5.69 Å². The minimum absolute atomic E-state index is 0.317. The van der Waals surface area contributed by atoms with E-state index in [1.54, 1.807) is 25.1 Å². The molecule has 154 valence electrons. The summed E-state index contributed by atoms with van der Waals surface area (Å²) in [7, 11) is 0. The highest BCUT2D eigenvalue weighted by Gasteiger charge is 2.61. The van der Waals surface area contributed by atoms with Crippen LogP contribution in [0.1, 0.15) is 45.4 Å². The minimum atomic E-state index is -0.953. The quantitative estimate of drug-likeness (QED) is 0.586. The molecule has 4 aliphatic rings. The molecule has 1 amide bonds. The maximum Gasteiger partial charge on any atom is 0.323 e. The Kier molecular flexibility index (Phi) is 3.93. The van der Waals surface area contributed by atoms with Crippen LogP contribution < -0.4 is 11.0 Å². The fourth-order valence-electron chi connectivity index (χ4n) is 6.15. The number of aromatic nitrogens is 2. The SMILES string of the molecule is CC(OC(=O)C12CC3CC(CC(O)(C3)C1)C2)C(=O)Nc1ccc2[nH]c(=O)[nH]c2c1. The third-order valence-corrected chi connectivity index (χ3v) is 6.90. The molecule has 2 aromatic rings. The zero-order chi connectivity index (χ0) is 20.4. The number of rotatable bonds is 4. The van der Waals surface area contributed by atoms with Crippen LogP contribution in [-0.2, 0) is 14.3 Å². The van der Waals surface area contributed by atoms with E-state index in [0.29, 0.717) is 35.0 Å². The van der Waals surface area contributed by atoms with Crippen LogP contribution in [0.25, 0.3) is 11.0 Å². The number of esters is 1. The smallest absolute Gasteiger partial charge is 0.323 e. The molecule has 29 heavy (non-hydrogen) atoms. The fourth-order valence-corrected chi connectivity index (χ4v) is 6.15. The zero-order valence-electron chi connectivity index (χ0n) is 16.3. The van der Waals surface area contributed by atoms with Crippen molar-refractivity contribution in [2.75, 3.05) is 5.32 Å². The van der Waals surface area contributed by atoms with Crippen molar-refractivity contribution in [1.82, 2.24) is 9.97 Å². The lowest BCUT2D eigenvalue weighted by atomic mass is 9.48. The van der Waals surface area contributed by atoms with Crippen molar-refractivity contribution < 1.29 is 19.4 Å². The molecule has 0 saturated heterocycles. The molecule has 3 atom stereocenters. The lowest BCUT2D eigenvalue weighted by Crippen LogP contribution is -2.59. The maximum atomic E-state index is 13.0. The molecule has 0 aliphatic heterocycles. The van der Waals surface area contributed by atoms with Crippen molar-refractivity contribution in [3.05, 3.63) is 28.7 Å². The van der Waals surface area contributed by atoms with Crippen molar-refractivity contribution in [3.63, 3.8) is 0 Å². The van der Waals surface area contributed by atoms with E-state index in [4.69, 9.17) is 4.74 Å². The lowest BCUT2D eigenvalue weighted by Gasteiger charge is -2.58. The average Bonchev–Trinajstić information content (AvgIpc) is 2.98. The number of ether oxygens (including phenoxy) is 1. The largest absolute Gasteiger partial charge is 0.452 e. The Bertz CT molecular complexity index is 1040. The summed E-state index contributed by atoms with van der Waals surface area (Å²) >= 11 is 0. The number of fused-ring (bicyclic) bond motifs is 1. The number of amides is 1. The van der Waals surface area contributed by atoms with Crippen LogP contribution in [0.2, 0.25) is 0 Å². The summed E-state index contributed by atoms with van der Waals surface area (Å²) in [4.78, 5) is 42.2. The molecule has 4 N–H and O–H groups in total. The molecule has 1 aromatic heterocycles. The molecule has 3 unspecified atom stereocenters. The monoisotopic (exact) mass is 399 g/mol. The Balaban J connectivity index is 1.27.